The van der Waals surface area contributed by atoms with Crippen molar-refractivity contribution in [1.82, 2.24) is 0 Å². The van der Waals surface area contributed by atoms with Gasteiger partial charge in [-0.05, 0) is 48.2 Å². The average Bonchev–Trinajstić information content (AvgIpc) is 2.79. The fourth-order valence-electron chi connectivity index (χ4n) is 2.52. The summed E-state index contributed by atoms with van der Waals surface area (Å²) in [4.78, 5) is 0. The smallest absolute Gasteiger partial charge is 0.132 e. The molecule has 20 heavy (non-hydrogen) atoms. The molecule has 0 unspecified atom stereocenters. The Hall–Kier alpha value is -1.94. The Bertz CT molecular complexity index is 642. The summed E-state index contributed by atoms with van der Waals surface area (Å²) in [5, 5.41) is 0. The Labute approximate surface area is 116 Å². The molecule has 2 aromatic rings. The van der Waals surface area contributed by atoms with Gasteiger partial charge in [-0.2, -0.15) is 0 Å². The molecule has 0 spiro atoms. The number of aryl methyl sites for hydroxylation is 1. The number of halogens is 2. The zero-order valence-electron chi connectivity index (χ0n) is 10.9. The van der Waals surface area contributed by atoms with Crippen molar-refractivity contribution < 1.29 is 13.5 Å². The lowest BCUT2D eigenvalue weighted by molar-refractivity contribution is 0.299. The molecule has 1 aliphatic rings. The summed E-state index contributed by atoms with van der Waals surface area (Å²) in [5.74, 6) is -0.493. The van der Waals surface area contributed by atoms with Crippen molar-refractivity contribution in [2.24, 2.45) is 5.73 Å². The van der Waals surface area contributed by atoms with Gasteiger partial charge in [0.2, 0.25) is 0 Å². The van der Waals surface area contributed by atoms with E-state index in [-0.39, 0.29) is 12.6 Å². The van der Waals surface area contributed by atoms with Gasteiger partial charge in [0.15, 0.2) is 0 Å². The highest BCUT2D eigenvalue weighted by Gasteiger charge is 2.19. The van der Waals surface area contributed by atoms with Gasteiger partial charge in [0.1, 0.15) is 24.0 Å². The molecule has 3 rings (SSSR count). The maximum absolute atomic E-state index is 13.5. The van der Waals surface area contributed by atoms with Crippen LogP contribution < -0.4 is 10.5 Å². The number of ether oxygens (including phenoxy) is 1. The van der Waals surface area contributed by atoms with Gasteiger partial charge in [0.25, 0.3) is 0 Å². The van der Waals surface area contributed by atoms with E-state index in [1.165, 1.54) is 17.7 Å². The van der Waals surface area contributed by atoms with E-state index in [0.717, 1.165) is 24.5 Å². The van der Waals surface area contributed by atoms with Gasteiger partial charge in [-0.15, -0.1) is 0 Å². The third-order valence-corrected chi connectivity index (χ3v) is 3.65. The van der Waals surface area contributed by atoms with Crippen LogP contribution in [0.1, 0.15) is 29.2 Å². The SMILES string of the molecule is N[C@H]1CCc2cc(OCc3ccc(F)cc3F)ccc21. The molecule has 2 aromatic carbocycles. The summed E-state index contributed by atoms with van der Waals surface area (Å²) in [6.45, 7) is 0.0803. The van der Waals surface area contributed by atoms with Crippen LogP contribution in [0, 0.1) is 11.6 Å². The summed E-state index contributed by atoms with van der Waals surface area (Å²) in [6.07, 6.45) is 1.89. The number of nitrogens with two attached hydrogens (primary N) is 1. The molecule has 104 valence electrons. The number of fused-ring (bicyclic) bond motifs is 1. The van der Waals surface area contributed by atoms with Gasteiger partial charge >= 0.3 is 0 Å². The Balaban J connectivity index is 1.73. The van der Waals surface area contributed by atoms with E-state index < -0.39 is 11.6 Å². The summed E-state index contributed by atoms with van der Waals surface area (Å²) in [7, 11) is 0. The zero-order valence-corrected chi connectivity index (χ0v) is 10.9. The Kier molecular flexibility index (Phi) is 3.40. The van der Waals surface area contributed by atoms with Gasteiger partial charge in [0.05, 0.1) is 0 Å². The van der Waals surface area contributed by atoms with Crippen molar-refractivity contribution in [2.45, 2.75) is 25.5 Å². The van der Waals surface area contributed by atoms with E-state index >= 15 is 0 Å². The Morgan fingerprint density at radius 1 is 1.15 bits per heavy atom. The Morgan fingerprint density at radius 2 is 2.00 bits per heavy atom. The lowest BCUT2D eigenvalue weighted by atomic mass is 10.1. The topological polar surface area (TPSA) is 35.2 Å². The molecule has 0 bridgehead atoms. The third-order valence-electron chi connectivity index (χ3n) is 3.65. The molecule has 0 radical (unpaired) electrons. The van der Waals surface area contributed by atoms with Crippen LogP contribution >= 0.6 is 0 Å². The first-order chi connectivity index (χ1) is 9.63. The second kappa shape index (κ2) is 5.21. The van der Waals surface area contributed by atoms with Crippen molar-refractivity contribution >= 4 is 0 Å². The first-order valence-electron chi connectivity index (χ1n) is 6.58. The molecule has 0 amide bonds. The lowest BCUT2D eigenvalue weighted by Gasteiger charge is -2.10. The van der Waals surface area contributed by atoms with E-state index in [2.05, 4.69) is 0 Å². The maximum atomic E-state index is 13.5. The van der Waals surface area contributed by atoms with Crippen LogP contribution in [-0.4, -0.2) is 0 Å². The molecule has 0 aliphatic heterocycles. The molecule has 0 aromatic heterocycles. The molecular formula is C16H15F2NO. The van der Waals surface area contributed by atoms with Crippen molar-refractivity contribution in [3.05, 3.63) is 64.7 Å². The molecule has 0 saturated carbocycles. The van der Waals surface area contributed by atoms with Gasteiger partial charge in [-0.1, -0.05) is 6.07 Å². The first kappa shape index (κ1) is 13.1. The second-order valence-electron chi connectivity index (χ2n) is 5.03. The van der Waals surface area contributed by atoms with Gasteiger partial charge in [0, 0.05) is 17.7 Å². The van der Waals surface area contributed by atoms with Crippen LogP contribution in [-0.2, 0) is 13.0 Å². The van der Waals surface area contributed by atoms with Crippen molar-refractivity contribution in [3.8, 4) is 5.75 Å². The molecule has 1 atom stereocenters. The monoisotopic (exact) mass is 275 g/mol. The van der Waals surface area contributed by atoms with E-state index in [0.29, 0.717) is 11.3 Å². The van der Waals surface area contributed by atoms with Crippen LogP contribution in [0.5, 0.6) is 5.75 Å². The number of benzene rings is 2. The summed E-state index contributed by atoms with van der Waals surface area (Å²) < 4.78 is 31.9. The first-order valence-corrected chi connectivity index (χ1v) is 6.58. The quantitative estimate of drug-likeness (QED) is 0.930. The Morgan fingerprint density at radius 3 is 2.80 bits per heavy atom. The highest BCUT2D eigenvalue weighted by Crippen LogP contribution is 2.32. The molecule has 0 saturated heterocycles. The van der Waals surface area contributed by atoms with Crippen molar-refractivity contribution in [1.29, 1.82) is 0 Å². The standard InChI is InChI=1S/C16H15F2NO/c17-12-3-1-11(15(18)8-12)9-20-13-4-5-14-10(7-13)2-6-16(14)19/h1,3-5,7-8,16H,2,6,9,19H2/t16-/m0/s1. The van der Waals surface area contributed by atoms with Crippen LogP contribution in [0.2, 0.25) is 0 Å². The average molecular weight is 275 g/mol. The minimum Gasteiger partial charge on any atom is -0.489 e. The predicted molar refractivity (Wildman–Crippen MR) is 72.4 cm³/mol. The summed E-state index contributed by atoms with van der Waals surface area (Å²) >= 11 is 0. The number of hydrogen-bond acceptors (Lipinski definition) is 2. The number of rotatable bonds is 3. The fraction of sp³-hybridized carbons (Fsp3) is 0.250. The molecule has 0 heterocycles. The van der Waals surface area contributed by atoms with E-state index in [9.17, 15) is 8.78 Å². The van der Waals surface area contributed by atoms with Crippen LogP contribution in [0.4, 0.5) is 8.78 Å². The van der Waals surface area contributed by atoms with Gasteiger partial charge < -0.3 is 10.5 Å². The van der Waals surface area contributed by atoms with Crippen molar-refractivity contribution in [3.63, 3.8) is 0 Å². The number of hydrogen-bond donors (Lipinski definition) is 1. The van der Waals surface area contributed by atoms with Crippen LogP contribution in [0.15, 0.2) is 36.4 Å². The predicted octanol–water partition coefficient (Wildman–Crippen LogP) is 3.49. The normalized spacial score (nSPS) is 17.1. The van der Waals surface area contributed by atoms with Crippen molar-refractivity contribution in [2.75, 3.05) is 0 Å². The zero-order chi connectivity index (χ0) is 14.1. The third kappa shape index (κ3) is 2.51. The lowest BCUT2D eigenvalue weighted by Crippen LogP contribution is -2.05. The molecule has 2 nitrogen and oxygen atoms in total. The van der Waals surface area contributed by atoms with E-state index in [4.69, 9.17) is 10.5 Å². The summed E-state index contributed by atoms with van der Waals surface area (Å²) in [6, 6.07) is 9.34. The minimum absolute atomic E-state index is 0.0803. The molecule has 4 heteroatoms. The summed E-state index contributed by atoms with van der Waals surface area (Å²) in [5.41, 5.74) is 8.65. The fourth-order valence-corrected chi connectivity index (χ4v) is 2.52. The molecule has 2 N–H and O–H groups in total. The van der Waals surface area contributed by atoms with Gasteiger partial charge in [-0.3, -0.25) is 0 Å². The maximum Gasteiger partial charge on any atom is 0.132 e. The molecule has 0 fully saturated rings. The highest BCUT2D eigenvalue weighted by molar-refractivity contribution is 5.40. The highest BCUT2D eigenvalue weighted by atomic mass is 19.1. The minimum atomic E-state index is -0.590. The van der Waals surface area contributed by atoms with Crippen LogP contribution in [0.25, 0.3) is 0 Å². The largest absolute Gasteiger partial charge is 0.489 e. The van der Waals surface area contributed by atoms with Crippen LogP contribution in [0.3, 0.4) is 0 Å². The van der Waals surface area contributed by atoms with Gasteiger partial charge in [-0.25, -0.2) is 8.78 Å². The molecule has 1 aliphatic carbocycles. The molecular weight excluding hydrogens is 260 g/mol. The second-order valence-corrected chi connectivity index (χ2v) is 5.03. The van der Waals surface area contributed by atoms with E-state index in [1.54, 1.807) is 0 Å². The van der Waals surface area contributed by atoms with E-state index in [1.807, 2.05) is 18.2 Å².